The quantitative estimate of drug-likeness (QED) is 0.888. The van der Waals surface area contributed by atoms with Crippen LogP contribution in [0.5, 0.6) is 0 Å². The minimum absolute atomic E-state index is 0.242. The molecule has 0 amide bonds. The molecule has 0 bridgehead atoms. The van der Waals surface area contributed by atoms with Crippen LogP contribution in [0.25, 0.3) is 0 Å². The third-order valence-corrected chi connectivity index (χ3v) is 3.73. The third kappa shape index (κ3) is 3.49. The molecule has 3 unspecified atom stereocenters. The molecule has 0 radical (unpaired) electrons. The molecule has 2 N–H and O–H groups in total. The van der Waals surface area contributed by atoms with Crippen molar-refractivity contribution in [1.82, 2.24) is 0 Å². The van der Waals surface area contributed by atoms with Gasteiger partial charge in [-0.1, -0.05) is 26.0 Å². The Hall–Kier alpha value is -1.02. The molecule has 0 aliphatic carbocycles. The topological polar surface area (TPSA) is 29.3 Å². The van der Waals surface area contributed by atoms with Crippen molar-refractivity contribution in [3.63, 3.8) is 0 Å². The van der Waals surface area contributed by atoms with Crippen LogP contribution in [0.1, 0.15) is 32.8 Å². The van der Waals surface area contributed by atoms with Crippen molar-refractivity contribution >= 4 is 5.69 Å². The number of hydrogen-bond acceptors (Lipinski definition) is 2. The fourth-order valence-corrected chi connectivity index (χ4v) is 3.09. The van der Waals surface area contributed by atoms with Gasteiger partial charge in [0, 0.05) is 24.8 Å². The summed E-state index contributed by atoms with van der Waals surface area (Å²) in [6, 6.07) is 9.20. The highest BCUT2D eigenvalue weighted by molar-refractivity contribution is 5.48. The van der Waals surface area contributed by atoms with E-state index in [1.54, 1.807) is 0 Å². The summed E-state index contributed by atoms with van der Waals surface area (Å²) in [7, 11) is 0. The molecule has 2 nitrogen and oxygen atoms in total. The molecule has 3 atom stereocenters. The third-order valence-electron chi connectivity index (χ3n) is 3.73. The van der Waals surface area contributed by atoms with Crippen molar-refractivity contribution in [2.24, 2.45) is 17.6 Å². The van der Waals surface area contributed by atoms with Crippen LogP contribution < -0.4 is 10.6 Å². The molecule has 18 heavy (non-hydrogen) atoms. The summed E-state index contributed by atoms with van der Waals surface area (Å²) in [6.45, 7) is 9.15. The first-order valence-corrected chi connectivity index (χ1v) is 7.14. The standard InChI is InChI=1S/C16H26N2/c1-12-8-13(2)11-18(10-12)16-6-4-15(5-7-16)9-14(3)17/h4-7,12-14H,8-11,17H2,1-3H3. The van der Waals surface area contributed by atoms with Gasteiger partial charge in [0.1, 0.15) is 0 Å². The van der Waals surface area contributed by atoms with Gasteiger partial charge in [-0.3, -0.25) is 0 Å². The number of nitrogens with zero attached hydrogens (tertiary/aromatic N) is 1. The Balaban J connectivity index is 2.04. The SMILES string of the molecule is CC(N)Cc1ccc(N2CC(C)CC(C)C2)cc1. The van der Waals surface area contributed by atoms with Gasteiger partial charge >= 0.3 is 0 Å². The Morgan fingerprint density at radius 1 is 1.17 bits per heavy atom. The molecule has 100 valence electrons. The first-order chi connectivity index (χ1) is 8.54. The Labute approximate surface area is 111 Å². The van der Waals surface area contributed by atoms with Gasteiger partial charge < -0.3 is 10.6 Å². The van der Waals surface area contributed by atoms with E-state index in [-0.39, 0.29) is 6.04 Å². The average molecular weight is 246 g/mol. The van der Waals surface area contributed by atoms with Crippen molar-refractivity contribution < 1.29 is 0 Å². The first kappa shape index (κ1) is 13.4. The maximum Gasteiger partial charge on any atom is 0.0366 e. The van der Waals surface area contributed by atoms with E-state index in [9.17, 15) is 0 Å². The number of rotatable bonds is 3. The molecule has 0 aromatic heterocycles. The maximum atomic E-state index is 5.83. The zero-order chi connectivity index (χ0) is 13.1. The minimum Gasteiger partial charge on any atom is -0.371 e. The normalized spacial score (nSPS) is 26.1. The van der Waals surface area contributed by atoms with Gasteiger partial charge in [0.15, 0.2) is 0 Å². The van der Waals surface area contributed by atoms with Gasteiger partial charge in [0.05, 0.1) is 0 Å². The number of piperidine rings is 1. The summed E-state index contributed by atoms with van der Waals surface area (Å²) in [5, 5.41) is 0. The molecule has 1 heterocycles. The van der Waals surface area contributed by atoms with Crippen molar-refractivity contribution in [1.29, 1.82) is 0 Å². The molecule has 1 fully saturated rings. The van der Waals surface area contributed by atoms with E-state index in [1.807, 2.05) is 0 Å². The molecule has 1 saturated heterocycles. The van der Waals surface area contributed by atoms with E-state index in [1.165, 1.54) is 30.8 Å². The smallest absolute Gasteiger partial charge is 0.0366 e. The van der Waals surface area contributed by atoms with Gasteiger partial charge in [0.25, 0.3) is 0 Å². The van der Waals surface area contributed by atoms with Crippen LogP contribution in [0.15, 0.2) is 24.3 Å². The number of hydrogen-bond donors (Lipinski definition) is 1. The van der Waals surface area contributed by atoms with Crippen LogP contribution in [-0.2, 0) is 6.42 Å². The van der Waals surface area contributed by atoms with Gasteiger partial charge in [-0.2, -0.15) is 0 Å². The number of nitrogens with two attached hydrogens (primary N) is 1. The molecule has 1 aromatic rings. The summed E-state index contributed by atoms with van der Waals surface area (Å²) >= 11 is 0. The van der Waals surface area contributed by atoms with Crippen molar-refractivity contribution in [2.75, 3.05) is 18.0 Å². The van der Waals surface area contributed by atoms with E-state index in [2.05, 4.69) is 49.9 Å². The van der Waals surface area contributed by atoms with E-state index < -0.39 is 0 Å². The Morgan fingerprint density at radius 3 is 2.22 bits per heavy atom. The van der Waals surface area contributed by atoms with E-state index in [0.717, 1.165) is 18.3 Å². The summed E-state index contributed by atoms with van der Waals surface area (Å²) < 4.78 is 0. The van der Waals surface area contributed by atoms with Crippen molar-refractivity contribution in [3.05, 3.63) is 29.8 Å². The second-order valence-corrected chi connectivity index (χ2v) is 6.20. The molecular weight excluding hydrogens is 220 g/mol. The minimum atomic E-state index is 0.242. The molecule has 1 aromatic carbocycles. The molecule has 1 aliphatic heterocycles. The summed E-state index contributed by atoms with van der Waals surface area (Å²) in [4.78, 5) is 2.52. The Morgan fingerprint density at radius 2 is 1.72 bits per heavy atom. The highest BCUT2D eigenvalue weighted by atomic mass is 15.1. The zero-order valence-electron chi connectivity index (χ0n) is 11.9. The lowest BCUT2D eigenvalue weighted by atomic mass is 9.91. The van der Waals surface area contributed by atoms with Crippen LogP contribution in [-0.4, -0.2) is 19.1 Å². The predicted octanol–water partition coefficient (Wildman–Crippen LogP) is 3.06. The second kappa shape index (κ2) is 5.75. The summed E-state index contributed by atoms with van der Waals surface area (Å²) in [5.41, 5.74) is 8.53. The maximum absolute atomic E-state index is 5.83. The number of anilines is 1. The fraction of sp³-hybridized carbons (Fsp3) is 0.625. The predicted molar refractivity (Wildman–Crippen MR) is 79.0 cm³/mol. The largest absolute Gasteiger partial charge is 0.371 e. The van der Waals surface area contributed by atoms with Gasteiger partial charge in [-0.25, -0.2) is 0 Å². The van der Waals surface area contributed by atoms with Gasteiger partial charge in [-0.15, -0.1) is 0 Å². The lowest BCUT2D eigenvalue weighted by Gasteiger charge is -2.36. The molecule has 2 heteroatoms. The summed E-state index contributed by atoms with van der Waals surface area (Å²) in [6.07, 6.45) is 2.33. The van der Waals surface area contributed by atoms with Crippen molar-refractivity contribution in [2.45, 2.75) is 39.7 Å². The molecular formula is C16H26N2. The van der Waals surface area contributed by atoms with Crippen LogP contribution in [0, 0.1) is 11.8 Å². The number of benzene rings is 1. The average Bonchev–Trinajstić information content (AvgIpc) is 2.27. The van der Waals surface area contributed by atoms with E-state index in [4.69, 9.17) is 5.73 Å². The van der Waals surface area contributed by atoms with Crippen molar-refractivity contribution in [3.8, 4) is 0 Å². The van der Waals surface area contributed by atoms with E-state index in [0.29, 0.717) is 0 Å². The van der Waals surface area contributed by atoms with Crippen LogP contribution in [0.2, 0.25) is 0 Å². The molecule has 1 aliphatic rings. The Bertz CT molecular complexity index is 359. The Kier molecular flexibility index (Phi) is 4.28. The second-order valence-electron chi connectivity index (χ2n) is 6.20. The summed E-state index contributed by atoms with van der Waals surface area (Å²) in [5.74, 6) is 1.61. The highest BCUT2D eigenvalue weighted by Crippen LogP contribution is 2.26. The van der Waals surface area contributed by atoms with Gasteiger partial charge in [0.2, 0.25) is 0 Å². The monoisotopic (exact) mass is 246 g/mol. The van der Waals surface area contributed by atoms with Crippen LogP contribution in [0.3, 0.4) is 0 Å². The molecule has 0 spiro atoms. The van der Waals surface area contributed by atoms with Crippen LogP contribution in [0.4, 0.5) is 5.69 Å². The first-order valence-electron chi connectivity index (χ1n) is 7.14. The fourth-order valence-electron chi connectivity index (χ4n) is 3.09. The lowest BCUT2D eigenvalue weighted by Crippen LogP contribution is -2.38. The lowest BCUT2D eigenvalue weighted by molar-refractivity contribution is 0.357. The molecule has 2 rings (SSSR count). The van der Waals surface area contributed by atoms with Crippen LogP contribution >= 0.6 is 0 Å². The highest BCUT2D eigenvalue weighted by Gasteiger charge is 2.21. The zero-order valence-corrected chi connectivity index (χ0v) is 11.9. The molecule has 0 saturated carbocycles. The van der Waals surface area contributed by atoms with E-state index >= 15 is 0 Å². The van der Waals surface area contributed by atoms with Gasteiger partial charge in [-0.05, 0) is 49.3 Å².